The SMILES string of the molecule is Cc1ccccc1-c1nnc(SCC(=O)[O-])o1. The molecule has 1 heterocycles. The number of carbonyl (C=O) groups is 1. The maximum Gasteiger partial charge on any atom is 0.277 e. The molecule has 0 aliphatic heterocycles. The maximum atomic E-state index is 10.3. The molecule has 0 aliphatic rings. The van der Waals surface area contributed by atoms with Crippen LogP contribution in [0, 0.1) is 6.92 Å². The minimum Gasteiger partial charge on any atom is -0.549 e. The number of carboxylic acid groups (broad SMARTS) is 1. The molecule has 0 bridgehead atoms. The molecule has 1 aromatic heterocycles. The second kappa shape index (κ2) is 5.01. The van der Waals surface area contributed by atoms with Crippen LogP contribution in [0.25, 0.3) is 11.5 Å². The van der Waals surface area contributed by atoms with Gasteiger partial charge in [-0.1, -0.05) is 30.0 Å². The van der Waals surface area contributed by atoms with Gasteiger partial charge in [-0.25, -0.2) is 0 Å². The Balaban J connectivity index is 2.18. The first-order valence-corrected chi connectivity index (χ1v) is 5.87. The van der Waals surface area contributed by atoms with Crippen molar-refractivity contribution in [1.82, 2.24) is 10.2 Å². The van der Waals surface area contributed by atoms with Crippen LogP contribution < -0.4 is 5.11 Å². The third kappa shape index (κ3) is 2.85. The van der Waals surface area contributed by atoms with Crippen molar-refractivity contribution >= 4 is 17.7 Å². The minimum absolute atomic E-state index is 0.199. The van der Waals surface area contributed by atoms with Crippen LogP contribution in [0.5, 0.6) is 0 Å². The molecule has 0 unspecified atom stereocenters. The maximum absolute atomic E-state index is 10.3. The van der Waals surface area contributed by atoms with Gasteiger partial charge in [-0.15, -0.1) is 10.2 Å². The standard InChI is InChI=1S/C11H10N2O3S/c1-7-4-2-3-5-8(7)10-12-13-11(16-10)17-6-9(14)15/h2-5H,6H2,1H3,(H,14,15)/p-1. The lowest BCUT2D eigenvalue weighted by molar-refractivity contribution is -0.301. The number of carbonyl (C=O) groups excluding carboxylic acids is 1. The number of rotatable bonds is 4. The zero-order chi connectivity index (χ0) is 12.3. The van der Waals surface area contributed by atoms with Gasteiger partial charge >= 0.3 is 0 Å². The second-order valence-corrected chi connectivity index (χ2v) is 4.28. The number of aliphatic carboxylic acids is 1. The van der Waals surface area contributed by atoms with Gasteiger partial charge < -0.3 is 14.3 Å². The fourth-order valence-corrected chi connectivity index (χ4v) is 1.79. The number of benzene rings is 1. The van der Waals surface area contributed by atoms with Gasteiger partial charge in [-0.2, -0.15) is 0 Å². The molecule has 0 radical (unpaired) electrons. The van der Waals surface area contributed by atoms with Crippen molar-refractivity contribution in [2.75, 3.05) is 5.75 Å². The molecule has 0 spiro atoms. The highest BCUT2D eigenvalue weighted by atomic mass is 32.2. The molecule has 6 heteroatoms. The van der Waals surface area contributed by atoms with Crippen LogP contribution in [-0.2, 0) is 4.79 Å². The summed E-state index contributed by atoms with van der Waals surface area (Å²) in [6, 6.07) is 7.60. The summed E-state index contributed by atoms with van der Waals surface area (Å²) in [5, 5.41) is 18.1. The molecule has 0 N–H and O–H groups in total. The van der Waals surface area contributed by atoms with Crippen LogP contribution in [0.2, 0.25) is 0 Å². The number of hydrogen-bond acceptors (Lipinski definition) is 6. The van der Waals surface area contributed by atoms with Gasteiger partial charge in [-0.3, -0.25) is 0 Å². The van der Waals surface area contributed by atoms with Crippen molar-refractivity contribution in [3.63, 3.8) is 0 Å². The summed E-state index contributed by atoms with van der Waals surface area (Å²) in [7, 11) is 0. The average Bonchev–Trinajstić information content (AvgIpc) is 2.75. The highest BCUT2D eigenvalue weighted by Crippen LogP contribution is 2.25. The van der Waals surface area contributed by atoms with Crippen LogP contribution >= 0.6 is 11.8 Å². The third-order valence-corrected chi connectivity index (χ3v) is 2.89. The first-order valence-electron chi connectivity index (χ1n) is 4.89. The Morgan fingerprint density at radius 2 is 2.18 bits per heavy atom. The Hall–Kier alpha value is -1.82. The molecule has 1 aromatic carbocycles. The van der Waals surface area contributed by atoms with Gasteiger partial charge in [0.05, 0.1) is 5.97 Å². The van der Waals surface area contributed by atoms with Crippen LogP contribution in [0.1, 0.15) is 5.56 Å². The number of thioether (sulfide) groups is 1. The van der Waals surface area contributed by atoms with Gasteiger partial charge in [0.25, 0.3) is 5.22 Å². The van der Waals surface area contributed by atoms with E-state index in [2.05, 4.69) is 10.2 Å². The van der Waals surface area contributed by atoms with E-state index in [0.717, 1.165) is 22.9 Å². The number of carboxylic acids is 1. The van der Waals surface area contributed by atoms with Crippen LogP contribution in [0.3, 0.4) is 0 Å². The summed E-state index contributed by atoms with van der Waals surface area (Å²) in [5.41, 5.74) is 1.87. The van der Waals surface area contributed by atoms with E-state index in [9.17, 15) is 9.90 Å². The lowest BCUT2D eigenvalue weighted by atomic mass is 10.1. The van der Waals surface area contributed by atoms with Gasteiger partial charge in [0.15, 0.2) is 0 Å². The van der Waals surface area contributed by atoms with E-state index in [0.29, 0.717) is 5.89 Å². The lowest BCUT2D eigenvalue weighted by Crippen LogP contribution is -2.24. The highest BCUT2D eigenvalue weighted by Gasteiger charge is 2.10. The van der Waals surface area contributed by atoms with E-state index in [4.69, 9.17) is 4.42 Å². The summed E-state index contributed by atoms with van der Waals surface area (Å²) in [6.07, 6.45) is 0. The molecule has 17 heavy (non-hydrogen) atoms. The Labute approximate surface area is 102 Å². The van der Waals surface area contributed by atoms with Crippen molar-refractivity contribution in [1.29, 1.82) is 0 Å². The smallest absolute Gasteiger partial charge is 0.277 e. The molecule has 5 nitrogen and oxygen atoms in total. The largest absolute Gasteiger partial charge is 0.549 e. The van der Waals surface area contributed by atoms with Crippen LogP contribution in [0.4, 0.5) is 0 Å². The molecule has 88 valence electrons. The second-order valence-electron chi connectivity index (χ2n) is 3.35. The fourth-order valence-electron chi connectivity index (χ4n) is 1.31. The molecule has 0 saturated carbocycles. The molecular formula is C11H9N2O3S-. The topological polar surface area (TPSA) is 79.0 Å². The van der Waals surface area contributed by atoms with Crippen molar-refractivity contribution in [2.24, 2.45) is 0 Å². The molecule has 0 amide bonds. The molecule has 0 fully saturated rings. The molecule has 0 saturated heterocycles. The zero-order valence-electron chi connectivity index (χ0n) is 9.04. The van der Waals surface area contributed by atoms with Crippen molar-refractivity contribution in [2.45, 2.75) is 12.1 Å². The Kier molecular flexibility index (Phi) is 3.43. The van der Waals surface area contributed by atoms with Crippen molar-refractivity contribution in [3.8, 4) is 11.5 Å². The molecule has 2 rings (SSSR count). The lowest BCUT2D eigenvalue weighted by Gasteiger charge is -1.99. The average molecular weight is 249 g/mol. The Morgan fingerprint density at radius 3 is 2.88 bits per heavy atom. The van der Waals surface area contributed by atoms with Crippen molar-refractivity contribution in [3.05, 3.63) is 29.8 Å². The number of nitrogens with zero attached hydrogens (tertiary/aromatic N) is 2. The predicted octanol–water partition coefficient (Wildman–Crippen LogP) is 0.887. The fraction of sp³-hybridized carbons (Fsp3) is 0.182. The van der Waals surface area contributed by atoms with Gasteiger partial charge in [0.1, 0.15) is 0 Å². The van der Waals surface area contributed by atoms with Gasteiger partial charge in [-0.05, 0) is 18.6 Å². The number of hydrogen-bond donors (Lipinski definition) is 0. The summed E-state index contributed by atoms with van der Waals surface area (Å²) in [5.74, 6) is -0.968. The Morgan fingerprint density at radius 1 is 1.41 bits per heavy atom. The summed E-state index contributed by atoms with van der Waals surface area (Å²) in [4.78, 5) is 10.3. The van der Waals surface area contributed by atoms with E-state index in [1.165, 1.54) is 0 Å². The molecule has 2 aromatic rings. The Bertz CT molecular complexity index is 539. The normalized spacial score (nSPS) is 10.4. The van der Waals surface area contributed by atoms with E-state index in [1.54, 1.807) is 0 Å². The van der Waals surface area contributed by atoms with E-state index < -0.39 is 5.97 Å². The quantitative estimate of drug-likeness (QED) is 0.749. The number of aryl methyl sites for hydroxylation is 1. The van der Waals surface area contributed by atoms with E-state index in [-0.39, 0.29) is 11.0 Å². The van der Waals surface area contributed by atoms with Crippen molar-refractivity contribution < 1.29 is 14.3 Å². The van der Waals surface area contributed by atoms with E-state index in [1.807, 2.05) is 31.2 Å². The highest BCUT2D eigenvalue weighted by molar-refractivity contribution is 7.99. The molecule has 0 atom stereocenters. The summed E-state index contributed by atoms with van der Waals surface area (Å²) in [6.45, 7) is 1.94. The minimum atomic E-state index is -1.16. The first kappa shape index (κ1) is 11.7. The predicted molar refractivity (Wildman–Crippen MR) is 60.2 cm³/mol. The number of aromatic nitrogens is 2. The summed E-state index contributed by atoms with van der Waals surface area (Å²) < 4.78 is 5.35. The molecule has 0 aliphatic carbocycles. The van der Waals surface area contributed by atoms with E-state index >= 15 is 0 Å². The zero-order valence-corrected chi connectivity index (χ0v) is 9.86. The third-order valence-electron chi connectivity index (χ3n) is 2.10. The van der Waals surface area contributed by atoms with Crippen LogP contribution in [0.15, 0.2) is 33.9 Å². The van der Waals surface area contributed by atoms with Gasteiger partial charge in [0, 0.05) is 11.3 Å². The molecular weight excluding hydrogens is 240 g/mol. The van der Waals surface area contributed by atoms with Crippen LogP contribution in [-0.4, -0.2) is 21.9 Å². The monoisotopic (exact) mass is 249 g/mol. The van der Waals surface area contributed by atoms with Gasteiger partial charge in [0.2, 0.25) is 5.89 Å². The first-order chi connectivity index (χ1) is 8.16. The summed E-state index contributed by atoms with van der Waals surface area (Å²) >= 11 is 0.948.